The quantitative estimate of drug-likeness (QED) is 0.804. The summed E-state index contributed by atoms with van der Waals surface area (Å²) in [6.45, 7) is 2.52. The third-order valence-electron chi connectivity index (χ3n) is 2.77. The normalized spacial score (nSPS) is 25.5. The largest absolute Gasteiger partial charge is 0.388 e. The topological polar surface area (TPSA) is 48.4 Å². The van der Waals surface area contributed by atoms with Gasteiger partial charge in [-0.25, -0.2) is 4.98 Å². The summed E-state index contributed by atoms with van der Waals surface area (Å²) in [7, 11) is 4.10. The Morgan fingerprint density at radius 2 is 2.44 bits per heavy atom. The second-order valence-corrected chi connectivity index (χ2v) is 5.99. The van der Waals surface area contributed by atoms with Crippen LogP contribution in [-0.4, -0.2) is 47.8 Å². The van der Waals surface area contributed by atoms with E-state index in [2.05, 4.69) is 15.2 Å². The minimum Gasteiger partial charge on any atom is -0.388 e. The Hall–Kier alpha value is -0.490. The number of nitrogens with zero attached hydrogens (tertiary/aromatic N) is 2. The molecule has 16 heavy (non-hydrogen) atoms. The van der Waals surface area contributed by atoms with Gasteiger partial charge in [0.15, 0.2) is 0 Å². The molecule has 90 valence electrons. The molecule has 1 aliphatic rings. The number of nitrogens with one attached hydrogen (secondary N) is 1. The summed E-state index contributed by atoms with van der Waals surface area (Å²) in [6, 6.07) is 0. The Balaban J connectivity index is 1.97. The van der Waals surface area contributed by atoms with Crippen LogP contribution in [0.1, 0.15) is 16.3 Å². The number of rotatable bonds is 4. The summed E-state index contributed by atoms with van der Waals surface area (Å²) in [5, 5.41) is 14.5. The lowest BCUT2D eigenvalue weighted by Gasteiger charge is -2.19. The summed E-state index contributed by atoms with van der Waals surface area (Å²) >= 11 is 1.71. The van der Waals surface area contributed by atoms with Crippen LogP contribution in [0.4, 0.5) is 0 Å². The molecule has 0 bridgehead atoms. The molecule has 0 aromatic carbocycles. The summed E-state index contributed by atoms with van der Waals surface area (Å²) in [6.07, 6.45) is 3.43. The maximum Gasteiger partial charge on any atom is 0.0957 e. The summed E-state index contributed by atoms with van der Waals surface area (Å²) in [5.74, 6) is 0. The number of β-amino-alcohol motifs (C(OH)–C–C–N with tert-alkyl or cyclic N) is 1. The zero-order valence-corrected chi connectivity index (χ0v) is 10.7. The van der Waals surface area contributed by atoms with Crippen LogP contribution in [0.5, 0.6) is 0 Å². The van der Waals surface area contributed by atoms with E-state index >= 15 is 0 Å². The maximum atomic E-state index is 10.2. The van der Waals surface area contributed by atoms with E-state index in [9.17, 15) is 5.11 Å². The van der Waals surface area contributed by atoms with Gasteiger partial charge in [-0.2, -0.15) is 0 Å². The van der Waals surface area contributed by atoms with Gasteiger partial charge in [0, 0.05) is 30.6 Å². The Bertz CT molecular complexity index is 345. The van der Waals surface area contributed by atoms with Crippen LogP contribution in [-0.2, 0) is 13.0 Å². The van der Waals surface area contributed by atoms with Crippen molar-refractivity contribution in [2.45, 2.75) is 25.0 Å². The van der Waals surface area contributed by atoms with Crippen LogP contribution in [0.15, 0.2) is 6.20 Å². The molecule has 1 atom stereocenters. The standard InChI is InChI=1S/C11H19N3OS/c1-14(2)7-9-6-13-10(16-9)5-11(15)3-4-12-8-11/h6,12,15H,3-5,7-8H2,1-2H3. The zero-order chi connectivity index (χ0) is 11.6. The highest BCUT2D eigenvalue weighted by molar-refractivity contribution is 7.11. The third-order valence-corrected chi connectivity index (χ3v) is 3.76. The van der Waals surface area contributed by atoms with Crippen LogP contribution in [0.3, 0.4) is 0 Å². The van der Waals surface area contributed by atoms with Crippen LogP contribution in [0, 0.1) is 0 Å². The predicted octanol–water partition coefficient (Wildman–Crippen LogP) is 0.472. The predicted molar refractivity (Wildman–Crippen MR) is 65.6 cm³/mol. The van der Waals surface area contributed by atoms with E-state index in [1.54, 1.807) is 11.3 Å². The third kappa shape index (κ3) is 3.01. The van der Waals surface area contributed by atoms with Gasteiger partial charge >= 0.3 is 0 Å². The first-order valence-electron chi connectivity index (χ1n) is 5.59. The molecule has 1 aromatic rings. The molecule has 0 saturated carbocycles. The van der Waals surface area contributed by atoms with E-state index in [1.165, 1.54) is 4.88 Å². The first-order valence-corrected chi connectivity index (χ1v) is 6.40. The fourth-order valence-corrected chi connectivity index (χ4v) is 3.15. The molecule has 0 amide bonds. The zero-order valence-electron chi connectivity index (χ0n) is 9.86. The first kappa shape index (κ1) is 12.0. The minimum absolute atomic E-state index is 0.576. The second kappa shape index (κ2) is 4.79. The van der Waals surface area contributed by atoms with Crippen LogP contribution < -0.4 is 5.32 Å². The van der Waals surface area contributed by atoms with Crippen molar-refractivity contribution in [2.24, 2.45) is 0 Å². The molecule has 2 N–H and O–H groups in total. The van der Waals surface area contributed by atoms with Gasteiger partial charge in [-0.05, 0) is 27.1 Å². The van der Waals surface area contributed by atoms with E-state index in [1.807, 2.05) is 20.3 Å². The molecule has 1 aliphatic heterocycles. The molecular formula is C11H19N3OS. The van der Waals surface area contributed by atoms with Gasteiger partial charge in [0.05, 0.1) is 10.6 Å². The highest BCUT2D eigenvalue weighted by atomic mass is 32.1. The number of aliphatic hydroxyl groups is 1. The molecule has 5 heteroatoms. The van der Waals surface area contributed by atoms with E-state index in [4.69, 9.17) is 0 Å². The first-order chi connectivity index (χ1) is 7.57. The lowest BCUT2D eigenvalue weighted by molar-refractivity contribution is 0.0618. The Labute approximate surface area is 100 Å². The van der Waals surface area contributed by atoms with Gasteiger partial charge < -0.3 is 15.3 Å². The Morgan fingerprint density at radius 3 is 3.06 bits per heavy atom. The number of hydrogen-bond donors (Lipinski definition) is 2. The van der Waals surface area contributed by atoms with Crippen molar-refractivity contribution < 1.29 is 5.11 Å². The Morgan fingerprint density at radius 1 is 1.62 bits per heavy atom. The molecule has 1 aromatic heterocycles. The van der Waals surface area contributed by atoms with E-state index in [0.717, 1.165) is 24.5 Å². The van der Waals surface area contributed by atoms with E-state index in [0.29, 0.717) is 13.0 Å². The molecule has 0 spiro atoms. The molecule has 1 fully saturated rings. The maximum absolute atomic E-state index is 10.2. The fourth-order valence-electron chi connectivity index (χ4n) is 1.98. The highest BCUT2D eigenvalue weighted by Gasteiger charge is 2.32. The molecule has 4 nitrogen and oxygen atoms in total. The number of thiazole rings is 1. The van der Waals surface area contributed by atoms with Crippen molar-refractivity contribution in [1.29, 1.82) is 0 Å². The van der Waals surface area contributed by atoms with Crippen LogP contribution >= 0.6 is 11.3 Å². The second-order valence-electron chi connectivity index (χ2n) is 4.79. The van der Waals surface area contributed by atoms with Crippen molar-refractivity contribution in [3.05, 3.63) is 16.1 Å². The van der Waals surface area contributed by atoms with Gasteiger partial charge in [-0.1, -0.05) is 0 Å². The summed E-state index contributed by atoms with van der Waals surface area (Å²) in [4.78, 5) is 7.77. The smallest absolute Gasteiger partial charge is 0.0957 e. The summed E-state index contributed by atoms with van der Waals surface area (Å²) < 4.78 is 0. The van der Waals surface area contributed by atoms with Crippen molar-refractivity contribution in [2.75, 3.05) is 27.2 Å². The van der Waals surface area contributed by atoms with Crippen LogP contribution in [0.2, 0.25) is 0 Å². The van der Waals surface area contributed by atoms with E-state index in [-0.39, 0.29) is 0 Å². The van der Waals surface area contributed by atoms with Crippen molar-refractivity contribution in [3.63, 3.8) is 0 Å². The average Bonchev–Trinajstić information content (AvgIpc) is 2.75. The molecule has 0 aliphatic carbocycles. The molecule has 2 heterocycles. The average molecular weight is 241 g/mol. The van der Waals surface area contributed by atoms with Gasteiger partial charge in [0.25, 0.3) is 0 Å². The molecule has 2 rings (SSSR count). The fraction of sp³-hybridized carbons (Fsp3) is 0.727. The van der Waals surface area contributed by atoms with Crippen molar-refractivity contribution in [3.8, 4) is 0 Å². The van der Waals surface area contributed by atoms with Gasteiger partial charge in [-0.3, -0.25) is 0 Å². The lowest BCUT2D eigenvalue weighted by atomic mass is 10.00. The highest BCUT2D eigenvalue weighted by Crippen LogP contribution is 2.23. The van der Waals surface area contributed by atoms with E-state index < -0.39 is 5.60 Å². The van der Waals surface area contributed by atoms with Crippen molar-refractivity contribution in [1.82, 2.24) is 15.2 Å². The lowest BCUT2D eigenvalue weighted by Crippen LogP contribution is -2.33. The van der Waals surface area contributed by atoms with Crippen LogP contribution in [0.25, 0.3) is 0 Å². The SMILES string of the molecule is CN(C)Cc1cnc(CC2(O)CCNC2)s1. The number of hydrogen-bond acceptors (Lipinski definition) is 5. The molecule has 0 radical (unpaired) electrons. The molecule has 1 saturated heterocycles. The van der Waals surface area contributed by atoms with Gasteiger partial charge in [-0.15, -0.1) is 11.3 Å². The molecular weight excluding hydrogens is 222 g/mol. The monoisotopic (exact) mass is 241 g/mol. The van der Waals surface area contributed by atoms with Gasteiger partial charge in [0.2, 0.25) is 0 Å². The molecule has 1 unspecified atom stereocenters. The summed E-state index contributed by atoms with van der Waals surface area (Å²) in [5.41, 5.74) is -0.576. The number of aromatic nitrogens is 1. The van der Waals surface area contributed by atoms with Crippen molar-refractivity contribution >= 4 is 11.3 Å². The van der Waals surface area contributed by atoms with Gasteiger partial charge in [0.1, 0.15) is 0 Å². The Kier molecular flexibility index (Phi) is 3.59. The minimum atomic E-state index is -0.576.